The summed E-state index contributed by atoms with van der Waals surface area (Å²) in [5, 5.41) is 0. The summed E-state index contributed by atoms with van der Waals surface area (Å²) in [4.78, 5) is 18.3. The summed E-state index contributed by atoms with van der Waals surface area (Å²) in [7, 11) is 4.90. The monoisotopic (exact) mass is 522 g/mol. The molecular weight excluding hydrogens is 488 g/mol. The molecule has 0 aromatic heterocycles. The third-order valence-corrected chi connectivity index (χ3v) is 7.14. The fourth-order valence-electron chi connectivity index (χ4n) is 4.26. The lowest BCUT2D eigenvalue weighted by Gasteiger charge is -2.35. The van der Waals surface area contributed by atoms with Gasteiger partial charge in [0.2, 0.25) is 5.91 Å². The third-order valence-electron chi connectivity index (χ3n) is 6.41. The van der Waals surface area contributed by atoms with Crippen molar-refractivity contribution in [2.75, 3.05) is 47.5 Å². The molecule has 0 unspecified atom stereocenters. The average Bonchev–Trinajstić information content (AvgIpc) is 2.93. The average molecular weight is 523 g/mol. The van der Waals surface area contributed by atoms with Crippen molar-refractivity contribution in [1.29, 1.82) is 0 Å². The van der Waals surface area contributed by atoms with Crippen LogP contribution in [0.1, 0.15) is 16.7 Å². The van der Waals surface area contributed by atoms with Gasteiger partial charge in [-0.1, -0.05) is 29.8 Å². The van der Waals surface area contributed by atoms with Gasteiger partial charge in [0.15, 0.2) is 23.0 Å². The van der Waals surface area contributed by atoms with Gasteiger partial charge in [0.25, 0.3) is 0 Å². The second-order valence-electron chi connectivity index (χ2n) is 8.99. The van der Waals surface area contributed by atoms with E-state index in [1.54, 1.807) is 21.3 Å². The second-order valence-corrected chi connectivity index (χ2v) is 9.79. The first kappa shape index (κ1) is 26.7. The van der Waals surface area contributed by atoms with E-state index < -0.39 is 0 Å². The third kappa shape index (κ3) is 7.11. The van der Waals surface area contributed by atoms with Crippen molar-refractivity contribution in [3.05, 3.63) is 77.4 Å². The highest BCUT2D eigenvalue weighted by atomic mass is 32.2. The van der Waals surface area contributed by atoms with Crippen LogP contribution in [0.3, 0.4) is 0 Å². The van der Waals surface area contributed by atoms with Crippen LogP contribution in [0.25, 0.3) is 0 Å². The van der Waals surface area contributed by atoms with Crippen LogP contribution < -0.4 is 18.4 Å². The van der Waals surface area contributed by atoms with Crippen molar-refractivity contribution in [3.63, 3.8) is 0 Å². The van der Waals surface area contributed by atoms with Crippen molar-refractivity contribution >= 4 is 17.9 Å². The molecule has 196 valence electrons. The molecule has 3 aromatic carbocycles. The predicted molar refractivity (Wildman–Crippen MR) is 146 cm³/mol. The molecule has 0 saturated carbocycles. The number of aryl methyl sites for hydroxylation is 1. The van der Waals surface area contributed by atoms with E-state index in [0.717, 1.165) is 47.2 Å². The maximum Gasteiger partial charge on any atom is 0.227 e. The summed E-state index contributed by atoms with van der Waals surface area (Å²) in [5.41, 5.74) is 3.27. The fraction of sp³-hybridized carbons (Fsp3) is 0.345. The van der Waals surface area contributed by atoms with Gasteiger partial charge in [0.1, 0.15) is 0 Å². The van der Waals surface area contributed by atoms with Crippen LogP contribution in [0.5, 0.6) is 23.0 Å². The van der Waals surface area contributed by atoms with Crippen molar-refractivity contribution < 1.29 is 23.2 Å². The molecule has 1 saturated heterocycles. The number of hydrogen-bond donors (Lipinski definition) is 0. The molecule has 1 heterocycles. The Kier molecular flexibility index (Phi) is 9.19. The molecule has 0 atom stereocenters. The number of amides is 1. The number of rotatable bonds is 10. The Morgan fingerprint density at radius 3 is 2.03 bits per heavy atom. The normalized spacial score (nSPS) is 13.8. The minimum atomic E-state index is 0.121. The number of carbonyl (C=O) groups excluding carboxylic acids is 1. The largest absolute Gasteiger partial charge is 0.493 e. The van der Waals surface area contributed by atoms with E-state index in [1.165, 1.54) is 17.6 Å². The number of benzene rings is 3. The topological polar surface area (TPSA) is 60.5 Å². The summed E-state index contributed by atoms with van der Waals surface area (Å²) in [6, 6.07) is 19.8. The number of methoxy groups -OCH3 is 3. The molecule has 4 rings (SSSR count). The van der Waals surface area contributed by atoms with Crippen molar-refractivity contribution in [2.45, 2.75) is 24.8 Å². The van der Waals surface area contributed by atoms with Gasteiger partial charge in [0, 0.05) is 37.6 Å². The fourth-order valence-corrected chi connectivity index (χ4v) is 4.83. The number of carbonyl (C=O) groups is 1. The van der Waals surface area contributed by atoms with Crippen molar-refractivity contribution in [2.24, 2.45) is 0 Å². The molecule has 3 aromatic rings. The summed E-state index contributed by atoms with van der Waals surface area (Å²) in [5.74, 6) is 2.82. The molecule has 1 amide bonds. The Morgan fingerprint density at radius 2 is 1.35 bits per heavy atom. The van der Waals surface area contributed by atoms with Gasteiger partial charge < -0.3 is 23.3 Å². The molecule has 1 aliphatic rings. The zero-order valence-corrected chi connectivity index (χ0v) is 22.7. The van der Waals surface area contributed by atoms with Crippen LogP contribution >= 0.6 is 12.0 Å². The Bertz CT molecular complexity index is 1190. The molecule has 0 radical (unpaired) electrons. The lowest BCUT2D eigenvalue weighted by atomic mass is 10.1. The molecule has 8 heteroatoms. The van der Waals surface area contributed by atoms with Crippen LogP contribution in [0.4, 0.5) is 0 Å². The Hall–Kier alpha value is -3.36. The Morgan fingerprint density at radius 1 is 0.757 bits per heavy atom. The molecule has 1 aliphatic heterocycles. The van der Waals surface area contributed by atoms with E-state index >= 15 is 0 Å². The number of piperazine rings is 1. The van der Waals surface area contributed by atoms with Gasteiger partial charge in [0.05, 0.1) is 39.8 Å². The molecule has 37 heavy (non-hydrogen) atoms. The Labute approximate surface area is 223 Å². The highest BCUT2D eigenvalue weighted by molar-refractivity contribution is 7.95. The first-order valence-electron chi connectivity index (χ1n) is 12.3. The zero-order valence-electron chi connectivity index (χ0n) is 21.9. The van der Waals surface area contributed by atoms with E-state index in [1.807, 2.05) is 59.5 Å². The molecule has 7 nitrogen and oxygen atoms in total. The molecule has 0 spiro atoms. The maximum absolute atomic E-state index is 13.0. The summed E-state index contributed by atoms with van der Waals surface area (Å²) < 4.78 is 22.2. The van der Waals surface area contributed by atoms with Crippen LogP contribution in [-0.4, -0.2) is 63.2 Å². The summed E-state index contributed by atoms with van der Waals surface area (Å²) >= 11 is 1.29. The van der Waals surface area contributed by atoms with Gasteiger partial charge in [-0.3, -0.25) is 9.69 Å². The van der Waals surface area contributed by atoms with E-state index in [-0.39, 0.29) is 5.91 Å². The summed E-state index contributed by atoms with van der Waals surface area (Å²) in [6.07, 6.45) is 0.331. The lowest BCUT2D eigenvalue weighted by Crippen LogP contribution is -2.48. The maximum atomic E-state index is 13.0. The first-order chi connectivity index (χ1) is 18.0. The highest BCUT2D eigenvalue weighted by Crippen LogP contribution is 2.33. The number of hydrogen-bond acceptors (Lipinski definition) is 7. The zero-order chi connectivity index (χ0) is 26.2. The van der Waals surface area contributed by atoms with Gasteiger partial charge in [-0.05, 0) is 54.4 Å². The smallest absolute Gasteiger partial charge is 0.227 e. The SMILES string of the molecule is COc1ccc(CN2CCN(C(=O)Cc3ccc(OSc4ccc(C)cc4)c(OC)c3)CC2)cc1OC. The quantitative estimate of drug-likeness (QED) is 0.348. The van der Waals surface area contributed by atoms with Gasteiger partial charge in [-0.25, -0.2) is 0 Å². The molecule has 0 aliphatic carbocycles. The van der Waals surface area contributed by atoms with Gasteiger partial charge >= 0.3 is 0 Å². The van der Waals surface area contributed by atoms with Crippen LogP contribution in [0.2, 0.25) is 0 Å². The van der Waals surface area contributed by atoms with Crippen LogP contribution in [-0.2, 0) is 17.8 Å². The van der Waals surface area contributed by atoms with E-state index in [9.17, 15) is 4.79 Å². The molecule has 0 N–H and O–H groups in total. The minimum Gasteiger partial charge on any atom is -0.493 e. The van der Waals surface area contributed by atoms with Gasteiger partial charge in [-0.2, -0.15) is 0 Å². The standard InChI is InChI=1S/C29H34N2O5S/c1-21-5-9-24(10-6-21)37-36-26-12-7-22(17-28(26)35-4)19-29(32)31-15-13-30(14-16-31)20-23-8-11-25(33-2)27(18-23)34-3/h5-12,17-18H,13-16,19-20H2,1-4H3. The van der Waals surface area contributed by atoms with Crippen LogP contribution in [0.15, 0.2) is 65.6 Å². The summed E-state index contributed by atoms with van der Waals surface area (Å²) in [6.45, 7) is 5.92. The predicted octanol–water partition coefficient (Wildman–Crippen LogP) is 4.99. The number of nitrogens with zero attached hydrogens (tertiary/aromatic N) is 2. The minimum absolute atomic E-state index is 0.121. The lowest BCUT2D eigenvalue weighted by molar-refractivity contribution is -0.132. The molecule has 0 bridgehead atoms. The Balaban J connectivity index is 1.28. The number of ether oxygens (including phenoxy) is 3. The molecular formula is C29H34N2O5S. The van der Waals surface area contributed by atoms with Crippen molar-refractivity contribution in [3.8, 4) is 23.0 Å². The molecule has 1 fully saturated rings. The highest BCUT2D eigenvalue weighted by Gasteiger charge is 2.22. The van der Waals surface area contributed by atoms with E-state index in [0.29, 0.717) is 31.0 Å². The van der Waals surface area contributed by atoms with Crippen LogP contribution in [0, 0.1) is 6.92 Å². The van der Waals surface area contributed by atoms with Crippen molar-refractivity contribution in [1.82, 2.24) is 9.80 Å². The van der Waals surface area contributed by atoms with E-state index in [2.05, 4.69) is 17.9 Å². The first-order valence-corrected chi connectivity index (χ1v) is 13.0. The second kappa shape index (κ2) is 12.7. The van der Waals surface area contributed by atoms with E-state index in [4.69, 9.17) is 18.4 Å². The van der Waals surface area contributed by atoms with Gasteiger partial charge in [-0.15, -0.1) is 0 Å².